The molecule has 0 fully saturated rings. The summed E-state index contributed by atoms with van der Waals surface area (Å²) < 4.78 is 22.6. The molecule has 0 heterocycles. The van der Waals surface area contributed by atoms with Crippen molar-refractivity contribution in [3.05, 3.63) is 64.7 Å². The van der Waals surface area contributed by atoms with Crippen LogP contribution in [0.15, 0.2) is 52.4 Å². The van der Waals surface area contributed by atoms with Gasteiger partial charge >= 0.3 is 0 Å². The first kappa shape index (κ1) is 25.4. The maximum Gasteiger partial charge on any atom is 0.238 e. The summed E-state index contributed by atoms with van der Waals surface area (Å²) in [5, 5.41) is 11.7. The highest BCUT2D eigenvalue weighted by Gasteiger charge is 2.06. The lowest BCUT2D eigenvalue weighted by Gasteiger charge is -2.12. The Morgan fingerprint density at radius 1 is 0.966 bits per heavy atom. The van der Waals surface area contributed by atoms with Crippen molar-refractivity contribution in [1.82, 2.24) is 10.6 Å². The van der Waals surface area contributed by atoms with Gasteiger partial charge in [0.2, 0.25) is 10.0 Å². The van der Waals surface area contributed by atoms with E-state index < -0.39 is 10.0 Å². The third-order valence-electron chi connectivity index (χ3n) is 4.25. The molecular weight excluding hydrogens is 499 g/mol. The highest BCUT2D eigenvalue weighted by molar-refractivity contribution is 14.0. The van der Waals surface area contributed by atoms with Gasteiger partial charge in [0.25, 0.3) is 0 Å². The third kappa shape index (κ3) is 9.14. The Hall–Kier alpha value is -1.65. The fraction of sp³-hybridized carbons (Fsp3) is 0.381. The fourth-order valence-corrected chi connectivity index (χ4v) is 3.54. The normalized spacial score (nSPS) is 11.7. The molecule has 160 valence electrons. The molecular formula is C21H31IN4O2S. The lowest BCUT2D eigenvalue weighted by molar-refractivity contribution is 0.598. The summed E-state index contributed by atoms with van der Waals surface area (Å²) in [5.74, 6) is 0.785. The molecule has 0 amide bonds. The van der Waals surface area contributed by atoms with E-state index in [2.05, 4.69) is 47.7 Å². The molecule has 0 atom stereocenters. The van der Waals surface area contributed by atoms with Gasteiger partial charge in [-0.2, -0.15) is 0 Å². The average molecular weight is 530 g/mol. The van der Waals surface area contributed by atoms with E-state index in [0.717, 1.165) is 37.5 Å². The standard InChI is InChI=1S/C21H30N4O2S.HI/c1-4-23-21(25-12-10-19-14-16(2)13-17(3)15-19)24-11-9-18-5-7-20(8-6-18)28(22,26)27;/h5-8,13-15H,4,9-12H2,1-3H3,(H2,22,26,27)(H2,23,24,25);1H. The zero-order valence-electron chi connectivity index (χ0n) is 17.2. The highest BCUT2D eigenvalue weighted by atomic mass is 127. The van der Waals surface area contributed by atoms with Gasteiger partial charge in [0.05, 0.1) is 4.90 Å². The number of nitrogens with two attached hydrogens (primary N) is 1. The Morgan fingerprint density at radius 2 is 1.59 bits per heavy atom. The number of primary sulfonamides is 1. The summed E-state index contributed by atoms with van der Waals surface area (Å²) in [4.78, 5) is 4.72. The molecule has 0 saturated heterocycles. The van der Waals surface area contributed by atoms with Crippen LogP contribution in [-0.2, 0) is 22.9 Å². The smallest absolute Gasteiger partial charge is 0.238 e. The molecule has 2 rings (SSSR count). The van der Waals surface area contributed by atoms with E-state index in [4.69, 9.17) is 5.14 Å². The van der Waals surface area contributed by atoms with Gasteiger partial charge in [-0.25, -0.2) is 13.6 Å². The van der Waals surface area contributed by atoms with E-state index in [1.807, 2.05) is 6.92 Å². The predicted molar refractivity (Wildman–Crippen MR) is 131 cm³/mol. The molecule has 0 aliphatic heterocycles. The first-order valence-electron chi connectivity index (χ1n) is 9.49. The Kier molecular flexibility index (Phi) is 10.6. The number of hydrogen-bond acceptors (Lipinski definition) is 3. The van der Waals surface area contributed by atoms with Crippen molar-refractivity contribution in [2.45, 2.75) is 38.5 Å². The van der Waals surface area contributed by atoms with Crippen LogP contribution in [0.2, 0.25) is 0 Å². The largest absolute Gasteiger partial charge is 0.357 e. The Morgan fingerprint density at radius 3 is 2.14 bits per heavy atom. The van der Waals surface area contributed by atoms with Crippen LogP contribution in [0.3, 0.4) is 0 Å². The lowest BCUT2D eigenvalue weighted by atomic mass is 10.1. The summed E-state index contributed by atoms with van der Waals surface area (Å²) in [5.41, 5.74) is 4.89. The number of nitrogens with one attached hydrogen (secondary N) is 2. The van der Waals surface area contributed by atoms with Crippen LogP contribution >= 0.6 is 24.0 Å². The lowest BCUT2D eigenvalue weighted by Crippen LogP contribution is -2.38. The number of sulfonamides is 1. The topological polar surface area (TPSA) is 96.6 Å². The third-order valence-corrected chi connectivity index (χ3v) is 5.18. The number of benzene rings is 2. The van der Waals surface area contributed by atoms with Crippen molar-refractivity contribution in [3.8, 4) is 0 Å². The van der Waals surface area contributed by atoms with E-state index in [1.165, 1.54) is 28.8 Å². The number of hydrogen-bond donors (Lipinski definition) is 3. The second kappa shape index (κ2) is 12.1. The minimum atomic E-state index is -3.65. The minimum absolute atomic E-state index is 0. The van der Waals surface area contributed by atoms with Crippen LogP contribution in [0.1, 0.15) is 29.2 Å². The first-order valence-corrected chi connectivity index (χ1v) is 11.0. The molecule has 0 bridgehead atoms. The molecule has 2 aromatic carbocycles. The molecule has 0 saturated carbocycles. The molecule has 8 heteroatoms. The van der Waals surface area contributed by atoms with Crippen molar-refractivity contribution in [3.63, 3.8) is 0 Å². The summed E-state index contributed by atoms with van der Waals surface area (Å²) in [6, 6.07) is 13.2. The maximum atomic E-state index is 11.3. The second-order valence-corrected chi connectivity index (χ2v) is 8.43. The van der Waals surface area contributed by atoms with Crippen molar-refractivity contribution < 1.29 is 8.42 Å². The maximum absolute atomic E-state index is 11.3. The zero-order valence-corrected chi connectivity index (χ0v) is 20.4. The molecule has 2 aromatic rings. The Labute approximate surface area is 191 Å². The molecule has 29 heavy (non-hydrogen) atoms. The Balaban J connectivity index is 0.00000420. The minimum Gasteiger partial charge on any atom is -0.357 e. The molecule has 0 radical (unpaired) electrons. The summed E-state index contributed by atoms with van der Waals surface area (Å²) in [6.07, 6.45) is 1.65. The van der Waals surface area contributed by atoms with Gasteiger partial charge in [-0.15, -0.1) is 24.0 Å². The van der Waals surface area contributed by atoms with E-state index >= 15 is 0 Å². The molecule has 4 N–H and O–H groups in total. The van der Waals surface area contributed by atoms with E-state index in [9.17, 15) is 8.42 Å². The first-order chi connectivity index (χ1) is 13.3. The molecule has 0 aliphatic rings. The number of guanidine groups is 1. The molecule has 6 nitrogen and oxygen atoms in total. The van der Waals surface area contributed by atoms with Crippen LogP contribution in [0.25, 0.3) is 0 Å². The SMILES string of the molecule is CCNC(=NCCc1ccc(S(N)(=O)=O)cc1)NCCc1cc(C)cc(C)c1.I. The highest BCUT2D eigenvalue weighted by Crippen LogP contribution is 2.10. The number of aliphatic imine (C=N–C) groups is 1. The number of halogens is 1. The van der Waals surface area contributed by atoms with Crippen molar-refractivity contribution >= 4 is 40.0 Å². The van der Waals surface area contributed by atoms with Gasteiger partial charge in [0, 0.05) is 19.6 Å². The zero-order chi connectivity index (χ0) is 20.6. The molecule has 0 unspecified atom stereocenters. The van der Waals surface area contributed by atoms with Gasteiger partial charge in [-0.3, -0.25) is 4.99 Å². The number of rotatable bonds is 8. The summed E-state index contributed by atoms with van der Waals surface area (Å²) in [6.45, 7) is 8.47. The van der Waals surface area contributed by atoms with E-state index in [0.29, 0.717) is 6.54 Å². The molecule has 0 aromatic heterocycles. The van der Waals surface area contributed by atoms with E-state index in [-0.39, 0.29) is 28.9 Å². The van der Waals surface area contributed by atoms with Crippen LogP contribution in [0, 0.1) is 13.8 Å². The number of nitrogens with zero attached hydrogens (tertiary/aromatic N) is 1. The molecule has 0 aliphatic carbocycles. The fourth-order valence-electron chi connectivity index (χ4n) is 3.02. The van der Waals surface area contributed by atoms with Crippen LogP contribution in [0.5, 0.6) is 0 Å². The molecule has 0 spiro atoms. The van der Waals surface area contributed by atoms with Gasteiger partial charge in [-0.1, -0.05) is 41.5 Å². The summed E-state index contributed by atoms with van der Waals surface area (Å²) >= 11 is 0. The van der Waals surface area contributed by atoms with Crippen LogP contribution < -0.4 is 15.8 Å². The van der Waals surface area contributed by atoms with Gasteiger partial charge in [-0.05, 0) is 56.9 Å². The van der Waals surface area contributed by atoms with Crippen molar-refractivity contribution in [2.24, 2.45) is 10.1 Å². The van der Waals surface area contributed by atoms with Gasteiger partial charge in [0.15, 0.2) is 5.96 Å². The summed E-state index contributed by atoms with van der Waals surface area (Å²) in [7, 11) is -3.65. The quantitative estimate of drug-likeness (QED) is 0.278. The van der Waals surface area contributed by atoms with E-state index in [1.54, 1.807) is 12.1 Å². The monoisotopic (exact) mass is 530 g/mol. The Bertz CT molecular complexity index is 893. The van der Waals surface area contributed by atoms with Crippen LogP contribution in [0.4, 0.5) is 0 Å². The average Bonchev–Trinajstić information content (AvgIpc) is 2.60. The van der Waals surface area contributed by atoms with Gasteiger partial charge < -0.3 is 10.6 Å². The van der Waals surface area contributed by atoms with Crippen molar-refractivity contribution in [1.29, 1.82) is 0 Å². The van der Waals surface area contributed by atoms with Crippen LogP contribution in [-0.4, -0.2) is 34.0 Å². The number of aryl methyl sites for hydroxylation is 2. The second-order valence-electron chi connectivity index (χ2n) is 6.87. The van der Waals surface area contributed by atoms with Gasteiger partial charge in [0.1, 0.15) is 0 Å². The van der Waals surface area contributed by atoms with Crippen molar-refractivity contribution in [2.75, 3.05) is 19.6 Å². The predicted octanol–water partition coefficient (Wildman–Crippen LogP) is 2.91.